The van der Waals surface area contributed by atoms with Gasteiger partial charge in [-0.1, -0.05) is 12.1 Å². The molecule has 1 atom stereocenters. The normalized spacial score (nSPS) is 18.0. The summed E-state index contributed by atoms with van der Waals surface area (Å²) in [4.78, 5) is 4.33. The molecule has 3 rings (SSSR count). The predicted molar refractivity (Wildman–Crippen MR) is 69.0 cm³/mol. The Bertz CT molecular complexity index is 564. The lowest BCUT2D eigenvalue weighted by Gasteiger charge is -2.24. The predicted octanol–water partition coefficient (Wildman–Crippen LogP) is 1.80. The summed E-state index contributed by atoms with van der Waals surface area (Å²) in [6, 6.07) is 8.20. The number of methoxy groups -OCH3 is 1. The molecule has 0 fully saturated rings. The van der Waals surface area contributed by atoms with E-state index in [2.05, 4.69) is 27.5 Å². The van der Waals surface area contributed by atoms with Crippen LogP contribution in [-0.4, -0.2) is 28.4 Å². The largest absolute Gasteiger partial charge is 0.497 e. The van der Waals surface area contributed by atoms with Gasteiger partial charge in [0.05, 0.1) is 13.7 Å². The summed E-state index contributed by atoms with van der Waals surface area (Å²) >= 11 is 0. The van der Waals surface area contributed by atoms with Crippen molar-refractivity contribution in [3.8, 4) is 5.75 Å². The zero-order chi connectivity index (χ0) is 12.5. The second kappa shape index (κ2) is 4.33. The van der Waals surface area contributed by atoms with Crippen molar-refractivity contribution in [3.63, 3.8) is 0 Å². The monoisotopic (exact) mass is 244 g/mol. The van der Waals surface area contributed by atoms with Crippen LogP contribution < -0.4 is 10.1 Å². The Kier molecular flexibility index (Phi) is 2.66. The first-order chi connectivity index (χ1) is 8.76. The lowest BCUT2D eigenvalue weighted by molar-refractivity contribution is 0.412. The van der Waals surface area contributed by atoms with Crippen molar-refractivity contribution >= 4 is 5.95 Å². The lowest BCUT2D eigenvalue weighted by atomic mass is 9.98. The van der Waals surface area contributed by atoms with E-state index in [1.165, 1.54) is 5.56 Å². The van der Waals surface area contributed by atoms with E-state index in [0.717, 1.165) is 30.6 Å². The molecule has 5 nitrogen and oxygen atoms in total. The van der Waals surface area contributed by atoms with E-state index in [1.807, 2.05) is 23.7 Å². The molecule has 1 N–H and O–H groups in total. The highest BCUT2D eigenvalue weighted by Crippen LogP contribution is 2.26. The molecule has 0 radical (unpaired) electrons. The Balaban J connectivity index is 1.86. The maximum atomic E-state index is 5.26. The topological polar surface area (TPSA) is 52.0 Å². The van der Waals surface area contributed by atoms with Gasteiger partial charge in [-0.2, -0.15) is 10.1 Å². The Morgan fingerprint density at radius 3 is 3.17 bits per heavy atom. The van der Waals surface area contributed by atoms with Gasteiger partial charge in [-0.25, -0.2) is 4.68 Å². The van der Waals surface area contributed by atoms with Gasteiger partial charge < -0.3 is 10.1 Å². The third kappa shape index (κ3) is 1.92. The highest BCUT2D eigenvalue weighted by molar-refractivity contribution is 5.35. The first kappa shape index (κ1) is 11.1. The molecule has 0 aliphatic carbocycles. The van der Waals surface area contributed by atoms with E-state index >= 15 is 0 Å². The van der Waals surface area contributed by atoms with Crippen molar-refractivity contribution < 1.29 is 4.74 Å². The molecule has 2 heterocycles. The van der Waals surface area contributed by atoms with Gasteiger partial charge in [-0.05, 0) is 24.6 Å². The van der Waals surface area contributed by atoms with Gasteiger partial charge in [0.25, 0.3) is 0 Å². The number of nitrogens with one attached hydrogen (secondary N) is 1. The van der Waals surface area contributed by atoms with Gasteiger partial charge >= 0.3 is 0 Å². The van der Waals surface area contributed by atoms with Crippen molar-refractivity contribution in [2.24, 2.45) is 0 Å². The van der Waals surface area contributed by atoms with E-state index < -0.39 is 0 Å². The molecule has 5 heteroatoms. The summed E-state index contributed by atoms with van der Waals surface area (Å²) in [6.07, 6.45) is 0. The number of ether oxygens (including phenoxy) is 1. The molecule has 0 bridgehead atoms. The molecule has 1 aliphatic heterocycles. The molecule has 1 unspecified atom stereocenters. The molecule has 0 saturated heterocycles. The zero-order valence-corrected chi connectivity index (χ0v) is 10.6. The van der Waals surface area contributed by atoms with Gasteiger partial charge in [0.15, 0.2) is 0 Å². The molecule has 2 aromatic rings. The van der Waals surface area contributed by atoms with E-state index in [-0.39, 0.29) is 0 Å². The molecular formula is C13H16N4O. The fraction of sp³-hybridized carbons (Fsp3) is 0.385. The minimum atomic E-state index is 0.397. The number of hydrogen-bond donors (Lipinski definition) is 1. The average Bonchev–Trinajstić information content (AvgIpc) is 2.77. The van der Waals surface area contributed by atoms with Gasteiger partial charge in [-0.3, -0.25) is 0 Å². The number of aromatic nitrogens is 3. The Morgan fingerprint density at radius 1 is 1.44 bits per heavy atom. The minimum Gasteiger partial charge on any atom is -0.497 e. The van der Waals surface area contributed by atoms with Crippen LogP contribution in [-0.2, 0) is 6.54 Å². The second-order valence-electron chi connectivity index (χ2n) is 4.52. The Morgan fingerprint density at radius 2 is 2.33 bits per heavy atom. The first-order valence-electron chi connectivity index (χ1n) is 6.05. The third-order valence-corrected chi connectivity index (χ3v) is 3.24. The van der Waals surface area contributed by atoms with E-state index in [1.54, 1.807) is 7.11 Å². The van der Waals surface area contributed by atoms with Crippen molar-refractivity contribution in [1.82, 2.24) is 14.8 Å². The first-order valence-corrected chi connectivity index (χ1v) is 6.05. The van der Waals surface area contributed by atoms with Crippen LogP contribution in [0.5, 0.6) is 5.75 Å². The second-order valence-corrected chi connectivity index (χ2v) is 4.52. The maximum absolute atomic E-state index is 5.26. The molecule has 1 aromatic heterocycles. The third-order valence-electron chi connectivity index (χ3n) is 3.24. The summed E-state index contributed by atoms with van der Waals surface area (Å²) in [5.74, 6) is 2.97. The standard InChI is InChI=1S/C13H16N4O/c1-9-15-13-14-7-11(8-17(13)16-9)10-4-3-5-12(6-10)18-2/h3-6,11H,7-8H2,1-2H3,(H,14,15,16). The number of fused-ring (bicyclic) bond motifs is 1. The van der Waals surface area contributed by atoms with Crippen LogP contribution >= 0.6 is 0 Å². The quantitative estimate of drug-likeness (QED) is 0.875. The molecule has 0 amide bonds. The van der Waals surface area contributed by atoms with Gasteiger partial charge in [0, 0.05) is 12.5 Å². The van der Waals surface area contributed by atoms with Crippen LogP contribution in [0.3, 0.4) is 0 Å². The molecule has 1 aliphatic rings. The highest BCUT2D eigenvalue weighted by Gasteiger charge is 2.21. The van der Waals surface area contributed by atoms with Gasteiger partial charge in [0.2, 0.25) is 5.95 Å². The van der Waals surface area contributed by atoms with Crippen LogP contribution in [0.2, 0.25) is 0 Å². The molecule has 94 valence electrons. The van der Waals surface area contributed by atoms with Crippen molar-refractivity contribution in [2.45, 2.75) is 19.4 Å². The molecule has 0 saturated carbocycles. The van der Waals surface area contributed by atoms with E-state index in [9.17, 15) is 0 Å². The number of aryl methyl sites for hydroxylation is 1. The highest BCUT2D eigenvalue weighted by atomic mass is 16.5. The Labute approximate surface area is 106 Å². The van der Waals surface area contributed by atoms with Crippen molar-refractivity contribution in [1.29, 1.82) is 0 Å². The minimum absolute atomic E-state index is 0.397. The molecule has 1 aromatic carbocycles. The SMILES string of the molecule is COc1cccc(C2CNc3nc(C)nn3C2)c1. The number of anilines is 1. The van der Waals surface area contributed by atoms with Crippen molar-refractivity contribution in [3.05, 3.63) is 35.7 Å². The van der Waals surface area contributed by atoms with E-state index in [0.29, 0.717) is 5.92 Å². The number of benzene rings is 1. The van der Waals surface area contributed by atoms with Crippen LogP contribution in [0.25, 0.3) is 0 Å². The number of hydrogen-bond acceptors (Lipinski definition) is 4. The molecule has 18 heavy (non-hydrogen) atoms. The lowest BCUT2D eigenvalue weighted by Crippen LogP contribution is -2.26. The summed E-state index contributed by atoms with van der Waals surface area (Å²) in [5, 5.41) is 7.70. The Hall–Kier alpha value is -2.04. The van der Waals surface area contributed by atoms with E-state index in [4.69, 9.17) is 4.74 Å². The van der Waals surface area contributed by atoms with Gasteiger partial charge in [-0.15, -0.1) is 0 Å². The molecular weight excluding hydrogens is 228 g/mol. The zero-order valence-electron chi connectivity index (χ0n) is 10.6. The van der Waals surface area contributed by atoms with Crippen molar-refractivity contribution in [2.75, 3.05) is 19.0 Å². The van der Waals surface area contributed by atoms with Crippen LogP contribution in [0.1, 0.15) is 17.3 Å². The summed E-state index contributed by atoms with van der Waals surface area (Å²) in [5.41, 5.74) is 1.26. The van der Waals surface area contributed by atoms with Crippen LogP contribution in [0, 0.1) is 6.92 Å². The molecule has 0 spiro atoms. The summed E-state index contributed by atoms with van der Waals surface area (Å²) in [7, 11) is 1.69. The average molecular weight is 244 g/mol. The summed E-state index contributed by atoms with van der Waals surface area (Å²) in [6.45, 7) is 3.65. The van der Waals surface area contributed by atoms with Crippen LogP contribution in [0.4, 0.5) is 5.95 Å². The van der Waals surface area contributed by atoms with Gasteiger partial charge in [0.1, 0.15) is 11.6 Å². The van der Waals surface area contributed by atoms with Crippen LogP contribution in [0.15, 0.2) is 24.3 Å². The smallest absolute Gasteiger partial charge is 0.221 e. The fourth-order valence-electron chi connectivity index (χ4n) is 2.32. The fourth-order valence-corrected chi connectivity index (χ4v) is 2.32. The number of rotatable bonds is 2. The maximum Gasteiger partial charge on any atom is 0.221 e. The summed E-state index contributed by atoms with van der Waals surface area (Å²) < 4.78 is 7.20. The number of nitrogens with zero attached hydrogens (tertiary/aromatic N) is 3.